The molecule has 2 unspecified atom stereocenters. The minimum Gasteiger partial charge on any atom is -0.333 e. The van der Waals surface area contributed by atoms with Crippen LogP contribution in [0.15, 0.2) is 140 Å². The van der Waals surface area contributed by atoms with Crippen LogP contribution < -0.4 is 14.9 Å². The Morgan fingerprint density at radius 2 is 1.50 bits per heavy atom. The molecular weight excluding hydrogens is 466 g/mol. The van der Waals surface area contributed by atoms with Gasteiger partial charge in [-0.05, 0) is 72.3 Å². The predicted octanol–water partition coefficient (Wildman–Crippen LogP) is 7.61. The summed E-state index contributed by atoms with van der Waals surface area (Å²) in [5, 5.41) is 6.64. The fraction of sp³-hybridized carbons (Fsp3) is 0.0606. The van der Waals surface area contributed by atoms with E-state index < -0.39 is 0 Å². The Bertz CT molecular complexity index is 1670. The van der Waals surface area contributed by atoms with Crippen molar-refractivity contribution < 1.29 is 0 Å². The van der Waals surface area contributed by atoms with Crippen molar-refractivity contribution in [3.05, 3.63) is 146 Å². The van der Waals surface area contributed by atoms with Gasteiger partial charge in [0.25, 0.3) is 0 Å². The first-order chi connectivity index (χ1) is 18.9. The Kier molecular flexibility index (Phi) is 4.58. The molecule has 2 atom stereocenters. The second kappa shape index (κ2) is 8.25. The maximum atomic E-state index is 4.58. The van der Waals surface area contributed by atoms with Crippen molar-refractivity contribution in [2.45, 2.75) is 12.0 Å². The summed E-state index contributed by atoms with van der Waals surface area (Å²) in [7, 11) is 0. The first-order valence-electron chi connectivity index (χ1n) is 13.0. The second-order valence-electron chi connectivity index (χ2n) is 9.81. The fourth-order valence-electron chi connectivity index (χ4n) is 6.07. The molecule has 0 bridgehead atoms. The molecule has 4 aliphatic rings. The molecule has 5 nitrogen and oxygen atoms in total. The van der Waals surface area contributed by atoms with E-state index in [1.165, 1.54) is 22.6 Å². The zero-order valence-corrected chi connectivity index (χ0v) is 20.7. The molecule has 0 radical (unpaired) electrons. The fourth-order valence-corrected chi connectivity index (χ4v) is 6.07. The van der Waals surface area contributed by atoms with Crippen molar-refractivity contribution in [3.8, 4) is 11.3 Å². The summed E-state index contributed by atoms with van der Waals surface area (Å²) >= 11 is 0. The molecule has 0 saturated carbocycles. The van der Waals surface area contributed by atoms with Gasteiger partial charge in [0, 0.05) is 41.5 Å². The summed E-state index contributed by atoms with van der Waals surface area (Å²) in [5.41, 5.74) is 9.35. The number of fused-ring (bicyclic) bond motifs is 6. The molecule has 1 aliphatic carbocycles. The monoisotopic (exact) mass is 491 g/mol. The van der Waals surface area contributed by atoms with Crippen LogP contribution in [0, 0.1) is 0 Å². The smallest absolute Gasteiger partial charge is 0.0909 e. The number of allylic oxidation sites excluding steroid dienone is 4. The standard InChI is InChI=1S/C33H25N5/c1-2-14-30-27(12-1)28-23-26(38-33-16-4-3-15-32(33)35-20-7-8-21-36(35)38)17-18-31(28)37(30)25-11-9-10-24(22-25)29-13-5-6-19-34-29/h1-23,27,30H. The topological polar surface area (TPSA) is 25.9 Å². The average Bonchev–Trinajstić information content (AvgIpc) is 3.50. The first-order valence-corrected chi connectivity index (χ1v) is 13.0. The largest absolute Gasteiger partial charge is 0.333 e. The zero-order chi connectivity index (χ0) is 25.1. The van der Waals surface area contributed by atoms with Gasteiger partial charge < -0.3 is 4.90 Å². The highest BCUT2D eigenvalue weighted by molar-refractivity contribution is 5.85. The van der Waals surface area contributed by atoms with Crippen molar-refractivity contribution in [3.63, 3.8) is 0 Å². The van der Waals surface area contributed by atoms with Gasteiger partial charge in [-0.2, -0.15) is 5.12 Å². The minimum absolute atomic E-state index is 0.226. The highest BCUT2D eigenvalue weighted by Gasteiger charge is 2.39. The van der Waals surface area contributed by atoms with Gasteiger partial charge in [0.05, 0.1) is 28.8 Å². The molecule has 3 aliphatic heterocycles. The van der Waals surface area contributed by atoms with Gasteiger partial charge in [-0.15, -0.1) is 0 Å². The van der Waals surface area contributed by atoms with Gasteiger partial charge in [0.1, 0.15) is 0 Å². The van der Waals surface area contributed by atoms with Gasteiger partial charge in [0.15, 0.2) is 0 Å². The van der Waals surface area contributed by atoms with Crippen LogP contribution in [0.25, 0.3) is 11.3 Å². The van der Waals surface area contributed by atoms with E-state index in [-0.39, 0.29) is 12.0 Å². The number of hydrazine groups is 2. The quantitative estimate of drug-likeness (QED) is 0.294. The van der Waals surface area contributed by atoms with Gasteiger partial charge in [-0.3, -0.25) is 4.98 Å². The molecule has 0 N–H and O–H groups in total. The van der Waals surface area contributed by atoms with Crippen LogP contribution in [0.1, 0.15) is 11.5 Å². The summed E-state index contributed by atoms with van der Waals surface area (Å²) in [6.45, 7) is 0. The summed E-state index contributed by atoms with van der Waals surface area (Å²) in [6.07, 6.45) is 19.2. The lowest BCUT2D eigenvalue weighted by Gasteiger charge is -2.34. The molecule has 0 amide bonds. The molecule has 38 heavy (non-hydrogen) atoms. The second-order valence-corrected chi connectivity index (χ2v) is 9.81. The van der Waals surface area contributed by atoms with Crippen molar-refractivity contribution in [2.75, 3.05) is 14.9 Å². The molecular formula is C33H25N5. The maximum absolute atomic E-state index is 4.58. The summed E-state index contributed by atoms with van der Waals surface area (Å²) < 4.78 is 0. The highest BCUT2D eigenvalue weighted by Crippen LogP contribution is 2.51. The number of benzene rings is 3. The van der Waals surface area contributed by atoms with E-state index in [0.29, 0.717) is 0 Å². The Morgan fingerprint density at radius 3 is 2.42 bits per heavy atom. The molecule has 182 valence electrons. The van der Waals surface area contributed by atoms with Crippen molar-refractivity contribution in [2.24, 2.45) is 0 Å². The molecule has 4 heterocycles. The van der Waals surface area contributed by atoms with E-state index >= 15 is 0 Å². The zero-order valence-electron chi connectivity index (χ0n) is 20.7. The normalized spacial score (nSPS) is 20.0. The van der Waals surface area contributed by atoms with E-state index in [1.54, 1.807) is 0 Å². The van der Waals surface area contributed by atoms with E-state index in [9.17, 15) is 0 Å². The van der Waals surface area contributed by atoms with Crippen LogP contribution in [-0.2, 0) is 0 Å². The number of pyridine rings is 1. The van der Waals surface area contributed by atoms with Crippen LogP contribution >= 0.6 is 0 Å². The van der Waals surface area contributed by atoms with E-state index in [4.69, 9.17) is 0 Å². The molecule has 4 aromatic rings. The third kappa shape index (κ3) is 3.08. The number of hydrogen-bond donors (Lipinski definition) is 0. The van der Waals surface area contributed by atoms with Crippen LogP contribution in [0.4, 0.5) is 28.4 Å². The first kappa shape index (κ1) is 21.1. The Hall–Kier alpha value is -5.03. The number of nitrogens with zero attached hydrogens (tertiary/aromatic N) is 5. The lowest BCUT2D eigenvalue weighted by molar-refractivity contribution is 0.408. The van der Waals surface area contributed by atoms with Crippen molar-refractivity contribution in [1.82, 2.24) is 10.1 Å². The third-order valence-electron chi connectivity index (χ3n) is 7.70. The molecule has 0 fully saturated rings. The van der Waals surface area contributed by atoms with Gasteiger partial charge in [-0.1, -0.05) is 54.6 Å². The summed E-state index contributed by atoms with van der Waals surface area (Å²) in [5.74, 6) is 0.277. The maximum Gasteiger partial charge on any atom is 0.0909 e. The molecule has 3 aromatic carbocycles. The summed E-state index contributed by atoms with van der Waals surface area (Å²) in [6, 6.07) is 30.5. The van der Waals surface area contributed by atoms with E-state index in [1.807, 2.05) is 18.3 Å². The molecule has 8 rings (SSSR count). The molecule has 0 spiro atoms. The van der Waals surface area contributed by atoms with Crippen molar-refractivity contribution in [1.29, 1.82) is 0 Å². The van der Waals surface area contributed by atoms with Crippen LogP contribution in [0.2, 0.25) is 0 Å². The average molecular weight is 492 g/mol. The van der Waals surface area contributed by atoms with Gasteiger partial charge in [0.2, 0.25) is 0 Å². The molecule has 1 aromatic heterocycles. The number of aromatic nitrogens is 1. The van der Waals surface area contributed by atoms with Crippen LogP contribution in [0.3, 0.4) is 0 Å². The lowest BCUT2D eigenvalue weighted by Crippen LogP contribution is -2.40. The minimum atomic E-state index is 0.226. The number of anilines is 5. The Morgan fingerprint density at radius 1 is 0.632 bits per heavy atom. The SMILES string of the molecule is C1=CC2c3cc(N4c5ccccc5N5C=CC=CN54)ccc3N(c3cccc(-c4ccccn4)c3)C2C=C1. The lowest BCUT2D eigenvalue weighted by atomic mass is 9.91. The van der Waals surface area contributed by atoms with E-state index in [0.717, 1.165) is 22.6 Å². The molecule has 0 saturated heterocycles. The summed E-state index contributed by atoms with van der Waals surface area (Å²) in [4.78, 5) is 7.06. The number of hydrogen-bond acceptors (Lipinski definition) is 5. The van der Waals surface area contributed by atoms with Crippen LogP contribution in [0.5, 0.6) is 0 Å². The third-order valence-corrected chi connectivity index (χ3v) is 7.70. The number of para-hydroxylation sites is 2. The van der Waals surface area contributed by atoms with Gasteiger partial charge >= 0.3 is 0 Å². The molecule has 5 heteroatoms. The van der Waals surface area contributed by atoms with Crippen LogP contribution in [-0.4, -0.2) is 16.1 Å². The van der Waals surface area contributed by atoms with Gasteiger partial charge in [-0.25, -0.2) is 10.0 Å². The predicted molar refractivity (Wildman–Crippen MR) is 154 cm³/mol. The van der Waals surface area contributed by atoms with E-state index in [2.05, 4.69) is 147 Å². The number of rotatable bonds is 3. The Labute approximate surface area is 222 Å². The highest BCUT2D eigenvalue weighted by atomic mass is 15.9. The van der Waals surface area contributed by atoms with Crippen molar-refractivity contribution >= 4 is 28.4 Å². The Balaban J connectivity index is 1.24.